The number of hydrogen-bond donors (Lipinski definition) is 2. The van der Waals surface area contributed by atoms with Gasteiger partial charge < -0.3 is 15.4 Å². The SMILES string of the molecule is NS(=O)(=O)c1ccnc([N+](=O)[O-])c1NCc1ccccc1. The van der Waals surface area contributed by atoms with Crippen LogP contribution in [0.5, 0.6) is 0 Å². The molecule has 0 spiro atoms. The van der Waals surface area contributed by atoms with Crippen LogP contribution in [-0.4, -0.2) is 18.3 Å². The van der Waals surface area contributed by atoms with Crippen molar-refractivity contribution < 1.29 is 13.3 Å². The molecule has 8 nitrogen and oxygen atoms in total. The van der Waals surface area contributed by atoms with Crippen LogP contribution in [0.4, 0.5) is 11.5 Å². The van der Waals surface area contributed by atoms with Gasteiger partial charge in [-0.3, -0.25) is 0 Å². The lowest BCUT2D eigenvalue weighted by Crippen LogP contribution is -2.16. The predicted molar refractivity (Wildman–Crippen MR) is 76.0 cm³/mol. The number of benzene rings is 1. The van der Waals surface area contributed by atoms with Crippen LogP contribution in [0.1, 0.15) is 5.56 Å². The summed E-state index contributed by atoms with van der Waals surface area (Å²) in [6.45, 7) is 0.204. The molecule has 3 N–H and O–H groups in total. The maximum atomic E-state index is 11.5. The quantitative estimate of drug-likeness (QED) is 0.632. The summed E-state index contributed by atoms with van der Waals surface area (Å²) in [5, 5.41) is 18.8. The first-order valence-electron chi connectivity index (χ1n) is 5.83. The second kappa shape index (κ2) is 5.85. The zero-order valence-electron chi connectivity index (χ0n) is 10.8. The Morgan fingerprint density at radius 1 is 1.24 bits per heavy atom. The highest BCUT2D eigenvalue weighted by molar-refractivity contribution is 7.89. The Morgan fingerprint density at radius 2 is 1.90 bits per heavy atom. The molecule has 0 saturated heterocycles. The number of hydrogen-bond acceptors (Lipinski definition) is 6. The fraction of sp³-hybridized carbons (Fsp3) is 0.0833. The van der Waals surface area contributed by atoms with Gasteiger partial charge in [0.25, 0.3) is 0 Å². The van der Waals surface area contributed by atoms with E-state index in [1.807, 2.05) is 6.07 Å². The second-order valence-electron chi connectivity index (χ2n) is 4.15. The van der Waals surface area contributed by atoms with Crippen LogP contribution in [0.3, 0.4) is 0 Å². The summed E-state index contributed by atoms with van der Waals surface area (Å²) in [6, 6.07) is 10.1. The van der Waals surface area contributed by atoms with Crippen molar-refractivity contribution in [2.75, 3.05) is 5.32 Å². The molecular formula is C12H12N4O4S. The van der Waals surface area contributed by atoms with Gasteiger partial charge in [0, 0.05) is 12.6 Å². The van der Waals surface area contributed by atoms with Gasteiger partial charge in [0.15, 0.2) is 5.69 Å². The smallest absolute Gasteiger partial charge is 0.373 e. The summed E-state index contributed by atoms with van der Waals surface area (Å²) in [5.74, 6) is -0.586. The Morgan fingerprint density at radius 3 is 2.48 bits per heavy atom. The Kier molecular flexibility index (Phi) is 4.15. The van der Waals surface area contributed by atoms with Crippen molar-refractivity contribution >= 4 is 21.5 Å². The maximum absolute atomic E-state index is 11.5. The Hall–Kier alpha value is -2.52. The lowest BCUT2D eigenvalue weighted by Gasteiger charge is -2.10. The molecule has 0 aliphatic carbocycles. The van der Waals surface area contributed by atoms with Crippen LogP contribution in [0.25, 0.3) is 0 Å². The lowest BCUT2D eigenvalue weighted by atomic mass is 10.2. The molecule has 0 bridgehead atoms. The Balaban J connectivity index is 2.42. The highest BCUT2D eigenvalue weighted by Gasteiger charge is 2.24. The summed E-state index contributed by atoms with van der Waals surface area (Å²) in [4.78, 5) is 13.4. The summed E-state index contributed by atoms with van der Waals surface area (Å²) >= 11 is 0. The van der Waals surface area contributed by atoms with Gasteiger partial charge in [0.2, 0.25) is 10.0 Å². The summed E-state index contributed by atoms with van der Waals surface area (Å²) < 4.78 is 23.1. The third-order valence-electron chi connectivity index (χ3n) is 2.68. The van der Waals surface area contributed by atoms with Gasteiger partial charge in [0.1, 0.15) is 11.1 Å². The minimum absolute atomic E-state index is 0.204. The fourth-order valence-corrected chi connectivity index (χ4v) is 2.46. The van der Waals surface area contributed by atoms with Crippen LogP contribution in [0, 0.1) is 10.1 Å². The normalized spacial score (nSPS) is 11.1. The molecular weight excluding hydrogens is 296 g/mol. The first kappa shape index (κ1) is 14.9. The molecule has 0 saturated carbocycles. The van der Waals surface area contributed by atoms with Gasteiger partial charge in [-0.2, -0.15) is 0 Å². The van der Waals surface area contributed by atoms with E-state index in [0.717, 1.165) is 17.8 Å². The Labute approximate surface area is 120 Å². The molecule has 0 atom stereocenters. The van der Waals surface area contributed by atoms with Crippen molar-refractivity contribution in [3.8, 4) is 0 Å². The van der Waals surface area contributed by atoms with Gasteiger partial charge in [0.05, 0.1) is 0 Å². The van der Waals surface area contributed by atoms with Crippen LogP contribution >= 0.6 is 0 Å². The number of primary sulfonamides is 1. The van der Waals surface area contributed by atoms with E-state index in [0.29, 0.717) is 0 Å². The number of pyridine rings is 1. The van der Waals surface area contributed by atoms with Gasteiger partial charge in [-0.15, -0.1) is 0 Å². The molecule has 0 radical (unpaired) electrons. The average Bonchev–Trinajstić information content (AvgIpc) is 2.44. The first-order chi connectivity index (χ1) is 9.89. The van der Waals surface area contributed by atoms with E-state index in [9.17, 15) is 18.5 Å². The van der Waals surface area contributed by atoms with Crippen molar-refractivity contribution in [3.05, 3.63) is 58.3 Å². The third-order valence-corrected chi connectivity index (χ3v) is 3.64. The fourth-order valence-electron chi connectivity index (χ4n) is 1.76. The lowest BCUT2D eigenvalue weighted by molar-refractivity contribution is -0.388. The minimum atomic E-state index is -4.10. The summed E-state index contributed by atoms with van der Waals surface area (Å²) in [6.07, 6.45) is 1.03. The number of nitrogens with one attached hydrogen (secondary N) is 1. The topological polar surface area (TPSA) is 128 Å². The molecule has 0 amide bonds. The molecule has 2 aromatic rings. The highest BCUT2D eigenvalue weighted by Crippen LogP contribution is 2.29. The van der Waals surface area contributed by atoms with E-state index in [4.69, 9.17) is 5.14 Å². The van der Waals surface area contributed by atoms with Crippen molar-refractivity contribution in [2.24, 2.45) is 5.14 Å². The van der Waals surface area contributed by atoms with Crippen molar-refractivity contribution in [1.82, 2.24) is 4.98 Å². The number of nitrogens with zero attached hydrogens (tertiary/aromatic N) is 2. The molecule has 1 aromatic carbocycles. The highest BCUT2D eigenvalue weighted by atomic mass is 32.2. The average molecular weight is 308 g/mol. The number of rotatable bonds is 5. The second-order valence-corrected chi connectivity index (χ2v) is 5.68. The molecule has 9 heteroatoms. The van der Waals surface area contributed by atoms with Gasteiger partial charge >= 0.3 is 5.82 Å². The molecule has 0 fully saturated rings. The molecule has 0 unspecified atom stereocenters. The van der Waals surface area contributed by atoms with Gasteiger partial charge in [-0.1, -0.05) is 30.3 Å². The number of sulfonamides is 1. The zero-order valence-corrected chi connectivity index (χ0v) is 11.6. The number of nitro groups is 1. The van der Waals surface area contributed by atoms with E-state index in [2.05, 4.69) is 10.3 Å². The van der Waals surface area contributed by atoms with Gasteiger partial charge in [-0.05, 0) is 15.5 Å². The van der Waals surface area contributed by atoms with Crippen LogP contribution < -0.4 is 10.5 Å². The van der Waals surface area contributed by atoms with Crippen molar-refractivity contribution in [2.45, 2.75) is 11.4 Å². The van der Waals surface area contributed by atoms with Crippen LogP contribution in [-0.2, 0) is 16.6 Å². The predicted octanol–water partition coefficient (Wildman–Crippen LogP) is 1.25. The van der Waals surface area contributed by atoms with Crippen LogP contribution in [0.2, 0.25) is 0 Å². The molecule has 2 rings (SSSR count). The van der Waals surface area contributed by atoms with E-state index >= 15 is 0 Å². The van der Waals surface area contributed by atoms with Crippen molar-refractivity contribution in [3.63, 3.8) is 0 Å². The maximum Gasteiger partial charge on any atom is 0.388 e. The third kappa shape index (κ3) is 3.52. The molecule has 1 heterocycles. The minimum Gasteiger partial charge on any atom is -0.373 e. The first-order valence-corrected chi connectivity index (χ1v) is 7.38. The summed E-state index contributed by atoms with van der Waals surface area (Å²) in [5.41, 5.74) is 0.616. The standard InChI is InChI=1S/C12H12N4O4S/c13-21(19,20)10-6-7-14-12(16(17)18)11(10)15-8-9-4-2-1-3-5-9/h1-7,15H,8H2,(H2,13,19,20). The van der Waals surface area contributed by atoms with E-state index in [-0.39, 0.29) is 17.1 Å². The number of nitrogens with two attached hydrogens (primary N) is 1. The van der Waals surface area contributed by atoms with E-state index in [1.54, 1.807) is 24.3 Å². The number of anilines is 1. The molecule has 21 heavy (non-hydrogen) atoms. The zero-order chi connectivity index (χ0) is 15.5. The monoisotopic (exact) mass is 308 g/mol. The summed E-state index contributed by atoms with van der Waals surface area (Å²) in [7, 11) is -4.10. The number of aromatic nitrogens is 1. The largest absolute Gasteiger partial charge is 0.388 e. The molecule has 110 valence electrons. The van der Waals surface area contributed by atoms with Crippen molar-refractivity contribution in [1.29, 1.82) is 0 Å². The Bertz CT molecular complexity index is 762. The van der Waals surface area contributed by atoms with E-state index in [1.165, 1.54) is 0 Å². The molecule has 0 aliphatic rings. The van der Waals surface area contributed by atoms with Gasteiger partial charge in [-0.25, -0.2) is 13.6 Å². The molecule has 1 aromatic heterocycles. The van der Waals surface area contributed by atoms with Crippen LogP contribution in [0.15, 0.2) is 47.5 Å². The molecule has 0 aliphatic heterocycles. The van der Waals surface area contributed by atoms with E-state index < -0.39 is 20.8 Å².